The summed E-state index contributed by atoms with van der Waals surface area (Å²) in [6.07, 6.45) is 1.01. The van der Waals surface area contributed by atoms with Crippen LogP contribution in [0.1, 0.15) is 6.42 Å². The van der Waals surface area contributed by atoms with Gasteiger partial charge in [-0.15, -0.1) is 0 Å². The molecule has 1 heterocycles. The molecule has 66 valence electrons. The molecular formula is C7H16N2O2. The van der Waals surface area contributed by atoms with Crippen LogP contribution in [-0.2, 0) is 9.57 Å². The molecule has 0 aromatic carbocycles. The van der Waals surface area contributed by atoms with Crippen molar-refractivity contribution < 1.29 is 9.57 Å². The van der Waals surface area contributed by atoms with Crippen molar-refractivity contribution in [1.29, 1.82) is 0 Å². The van der Waals surface area contributed by atoms with Gasteiger partial charge in [0.15, 0.2) is 0 Å². The molecule has 0 aromatic heterocycles. The van der Waals surface area contributed by atoms with Crippen LogP contribution < -0.4 is 5.90 Å². The van der Waals surface area contributed by atoms with Crippen molar-refractivity contribution in [2.75, 3.05) is 27.3 Å². The quantitative estimate of drug-likeness (QED) is 0.558. The number of ether oxygens (including phenoxy) is 1. The van der Waals surface area contributed by atoms with Crippen LogP contribution in [0.25, 0.3) is 0 Å². The Morgan fingerprint density at radius 3 is 2.73 bits per heavy atom. The largest absolute Gasteiger partial charge is 0.380 e. The smallest absolute Gasteiger partial charge is 0.0986 e. The zero-order valence-electron chi connectivity index (χ0n) is 7.12. The highest BCUT2D eigenvalue weighted by atomic mass is 16.6. The van der Waals surface area contributed by atoms with Gasteiger partial charge in [0, 0.05) is 13.0 Å². The van der Waals surface area contributed by atoms with Crippen LogP contribution in [0, 0.1) is 0 Å². The Balaban J connectivity index is 2.44. The fourth-order valence-corrected chi connectivity index (χ4v) is 1.34. The van der Waals surface area contributed by atoms with E-state index in [0.717, 1.165) is 19.6 Å². The van der Waals surface area contributed by atoms with Crippen LogP contribution in [0.15, 0.2) is 0 Å². The third-order valence-corrected chi connectivity index (χ3v) is 2.10. The maximum Gasteiger partial charge on any atom is 0.0986 e. The average Bonchev–Trinajstić information content (AvgIpc) is 2.04. The maximum absolute atomic E-state index is 5.30. The first-order valence-electron chi connectivity index (χ1n) is 3.85. The summed E-state index contributed by atoms with van der Waals surface area (Å²) in [5, 5.41) is 0. The Labute approximate surface area is 67.2 Å². The first-order valence-corrected chi connectivity index (χ1v) is 3.85. The molecule has 2 N–H and O–H groups in total. The van der Waals surface area contributed by atoms with Gasteiger partial charge in [0.05, 0.1) is 18.8 Å². The van der Waals surface area contributed by atoms with Crippen LogP contribution >= 0.6 is 0 Å². The van der Waals surface area contributed by atoms with Crippen LogP contribution in [0.4, 0.5) is 0 Å². The van der Waals surface area contributed by atoms with Crippen LogP contribution in [0.3, 0.4) is 0 Å². The normalized spacial score (nSPS) is 32.7. The SMILES string of the molecule is CN(C)C1COCCC1ON. The predicted molar refractivity (Wildman–Crippen MR) is 42.0 cm³/mol. The minimum absolute atomic E-state index is 0.124. The van der Waals surface area contributed by atoms with E-state index in [9.17, 15) is 0 Å². The van der Waals surface area contributed by atoms with Crippen LogP contribution in [0.2, 0.25) is 0 Å². The minimum Gasteiger partial charge on any atom is -0.380 e. The number of rotatable bonds is 2. The fourth-order valence-electron chi connectivity index (χ4n) is 1.34. The molecule has 1 saturated heterocycles. The summed E-state index contributed by atoms with van der Waals surface area (Å²) in [5.41, 5.74) is 0. The maximum atomic E-state index is 5.30. The molecule has 0 spiro atoms. The molecule has 11 heavy (non-hydrogen) atoms. The zero-order valence-corrected chi connectivity index (χ0v) is 7.12. The predicted octanol–water partition coefficient (Wildman–Crippen LogP) is -0.404. The second-order valence-corrected chi connectivity index (χ2v) is 3.07. The van der Waals surface area contributed by atoms with E-state index < -0.39 is 0 Å². The lowest BCUT2D eigenvalue weighted by atomic mass is 10.1. The molecule has 0 radical (unpaired) electrons. The second-order valence-electron chi connectivity index (χ2n) is 3.07. The van der Waals surface area contributed by atoms with E-state index in [1.54, 1.807) is 0 Å². The summed E-state index contributed by atoms with van der Waals surface area (Å²) >= 11 is 0. The van der Waals surface area contributed by atoms with E-state index >= 15 is 0 Å². The molecule has 1 fully saturated rings. The number of hydrogen-bond acceptors (Lipinski definition) is 4. The van der Waals surface area contributed by atoms with Crippen LogP contribution in [0.5, 0.6) is 0 Å². The molecule has 0 aliphatic carbocycles. The number of hydrogen-bond donors (Lipinski definition) is 1. The summed E-state index contributed by atoms with van der Waals surface area (Å²) in [6.45, 7) is 1.47. The van der Waals surface area contributed by atoms with Gasteiger partial charge in [-0.1, -0.05) is 0 Å². The van der Waals surface area contributed by atoms with Crippen molar-refractivity contribution in [1.82, 2.24) is 4.90 Å². The highest BCUT2D eigenvalue weighted by molar-refractivity contribution is 4.79. The first kappa shape index (κ1) is 8.93. The molecule has 4 nitrogen and oxygen atoms in total. The van der Waals surface area contributed by atoms with E-state index in [4.69, 9.17) is 15.5 Å². The summed E-state index contributed by atoms with van der Waals surface area (Å²) < 4.78 is 5.30. The van der Waals surface area contributed by atoms with Crippen LogP contribution in [-0.4, -0.2) is 44.4 Å². The topological polar surface area (TPSA) is 47.7 Å². The average molecular weight is 160 g/mol. The summed E-state index contributed by atoms with van der Waals surface area (Å²) in [6, 6.07) is 0.300. The van der Waals surface area contributed by atoms with Gasteiger partial charge in [-0.05, 0) is 14.1 Å². The molecule has 4 heteroatoms. The van der Waals surface area contributed by atoms with Gasteiger partial charge in [-0.3, -0.25) is 4.84 Å². The van der Waals surface area contributed by atoms with E-state index in [1.165, 1.54) is 0 Å². The standard InChI is InChI=1S/C7H16N2O2/c1-9(2)6-5-10-4-3-7(6)11-8/h6-7H,3-5,8H2,1-2H3. The number of nitrogens with two attached hydrogens (primary N) is 1. The van der Waals surface area contributed by atoms with Gasteiger partial charge in [-0.25, -0.2) is 5.90 Å². The third kappa shape index (κ3) is 2.13. The molecule has 1 rings (SSSR count). The fraction of sp³-hybridized carbons (Fsp3) is 1.00. The second kappa shape index (κ2) is 4.01. The number of nitrogens with zero attached hydrogens (tertiary/aromatic N) is 1. The van der Waals surface area contributed by atoms with E-state index in [2.05, 4.69) is 4.90 Å². The highest BCUT2D eigenvalue weighted by Crippen LogP contribution is 2.13. The number of likely N-dealkylation sites (N-methyl/N-ethyl adjacent to an activating group) is 1. The van der Waals surface area contributed by atoms with Crippen molar-refractivity contribution in [3.8, 4) is 0 Å². The Morgan fingerprint density at radius 2 is 2.27 bits per heavy atom. The Hall–Kier alpha value is -0.160. The Morgan fingerprint density at radius 1 is 1.55 bits per heavy atom. The molecular weight excluding hydrogens is 144 g/mol. The van der Waals surface area contributed by atoms with Gasteiger partial charge >= 0.3 is 0 Å². The lowest BCUT2D eigenvalue weighted by Crippen LogP contribution is -2.48. The minimum atomic E-state index is 0.124. The zero-order chi connectivity index (χ0) is 8.27. The van der Waals surface area contributed by atoms with Crippen molar-refractivity contribution in [3.63, 3.8) is 0 Å². The van der Waals surface area contributed by atoms with Gasteiger partial charge < -0.3 is 9.64 Å². The summed E-state index contributed by atoms with van der Waals surface area (Å²) in [7, 11) is 4.01. The molecule has 0 aromatic rings. The molecule has 0 bridgehead atoms. The molecule has 1 aliphatic rings. The monoisotopic (exact) mass is 160 g/mol. The van der Waals surface area contributed by atoms with Gasteiger partial charge in [0.1, 0.15) is 0 Å². The molecule has 2 atom stereocenters. The van der Waals surface area contributed by atoms with E-state index in [-0.39, 0.29) is 6.10 Å². The summed E-state index contributed by atoms with van der Waals surface area (Å²) in [5.74, 6) is 5.15. The van der Waals surface area contributed by atoms with E-state index in [0.29, 0.717) is 6.04 Å². The molecule has 0 amide bonds. The Kier molecular flexibility index (Phi) is 3.26. The van der Waals surface area contributed by atoms with Gasteiger partial charge in [0.2, 0.25) is 0 Å². The van der Waals surface area contributed by atoms with Crippen molar-refractivity contribution in [3.05, 3.63) is 0 Å². The summed E-state index contributed by atoms with van der Waals surface area (Å²) in [4.78, 5) is 6.92. The van der Waals surface area contributed by atoms with E-state index in [1.807, 2.05) is 14.1 Å². The molecule has 1 aliphatic heterocycles. The Bertz CT molecular complexity index is 119. The lowest BCUT2D eigenvalue weighted by molar-refractivity contribution is -0.0836. The van der Waals surface area contributed by atoms with Crippen molar-refractivity contribution in [2.24, 2.45) is 5.90 Å². The third-order valence-electron chi connectivity index (χ3n) is 2.10. The van der Waals surface area contributed by atoms with Crippen molar-refractivity contribution >= 4 is 0 Å². The lowest BCUT2D eigenvalue weighted by Gasteiger charge is -2.34. The van der Waals surface area contributed by atoms with Gasteiger partial charge in [0.25, 0.3) is 0 Å². The highest BCUT2D eigenvalue weighted by Gasteiger charge is 2.27. The van der Waals surface area contributed by atoms with Crippen molar-refractivity contribution in [2.45, 2.75) is 18.6 Å². The first-order chi connectivity index (χ1) is 5.25. The molecule has 0 saturated carbocycles. The molecule has 2 unspecified atom stereocenters. The van der Waals surface area contributed by atoms with Gasteiger partial charge in [-0.2, -0.15) is 0 Å².